The summed E-state index contributed by atoms with van der Waals surface area (Å²) < 4.78 is 1.53. The van der Waals surface area contributed by atoms with E-state index in [4.69, 9.17) is 5.26 Å². The molecule has 0 aliphatic carbocycles. The third-order valence-electron chi connectivity index (χ3n) is 1.43. The maximum Gasteiger partial charge on any atom is 0.267 e. The number of aromatic nitrogens is 2. The van der Waals surface area contributed by atoms with Gasteiger partial charge < -0.3 is 0 Å². The second-order valence-corrected chi connectivity index (χ2v) is 2.37. The van der Waals surface area contributed by atoms with Crippen molar-refractivity contribution in [3.8, 4) is 6.19 Å². The van der Waals surface area contributed by atoms with Gasteiger partial charge in [-0.2, -0.15) is 10.4 Å². The van der Waals surface area contributed by atoms with Crippen LogP contribution in [0.15, 0.2) is 6.20 Å². The van der Waals surface area contributed by atoms with Crippen LogP contribution in [0.3, 0.4) is 0 Å². The highest BCUT2D eigenvalue weighted by Gasteiger charge is 2.10. The lowest BCUT2D eigenvalue weighted by Gasteiger charge is -1.91. The largest absolute Gasteiger partial charge is 0.275 e. The maximum atomic E-state index is 11.1. The van der Waals surface area contributed by atoms with Crippen molar-refractivity contribution >= 4 is 5.91 Å². The van der Waals surface area contributed by atoms with Gasteiger partial charge in [0, 0.05) is 13.2 Å². The van der Waals surface area contributed by atoms with Crippen molar-refractivity contribution < 1.29 is 4.79 Å². The molecule has 0 atom stereocenters. The molecule has 1 rings (SSSR count). The monoisotopic (exact) mass is 164 g/mol. The highest BCUT2D eigenvalue weighted by atomic mass is 16.1. The Morgan fingerprint density at radius 3 is 2.92 bits per heavy atom. The zero-order valence-electron chi connectivity index (χ0n) is 6.83. The number of carbonyl (C=O) groups is 1. The Hall–Kier alpha value is -1.83. The van der Waals surface area contributed by atoms with Crippen LogP contribution in [-0.4, -0.2) is 15.7 Å². The molecule has 0 fully saturated rings. The summed E-state index contributed by atoms with van der Waals surface area (Å²) in [4.78, 5) is 11.1. The molecule has 1 aromatic rings. The summed E-state index contributed by atoms with van der Waals surface area (Å²) in [6.07, 6.45) is 3.14. The molecule has 62 valence electrons. The fraction of sp³-hybridized carbons (Fsp3) is 0.286. The van der Waals surface area contributed by atoms with Crippen LogP contribution in [0.4, 0.5) is 0 Å². The molecule has 1 heterocycles. The van der Waals surface area contributed by atoms with Gasteiger partial charge in [-0.15, -0.1) is 0 Å². The van der Waals surface area contributed by atoms with E-state index in [1.54, 1.807) is 26.4 Å². The lowest BCUT2D eigenvalue weighted by Crippen LogP contribution is -2.17. The van der Waals surface area contributed by atoms with Crippen molar-refractivity contribution in [2.24, 2.45) is 7.05 Å². The summed E-state index contributed by atoms with van der Waals surface area (Å²) in [7, 11) is 1.72. The zero-order valence-corrected chi connectivity index (χ0v) is 6.83. The fourth-order valence-corrected chi connectivity index (χ4v) is 0.941. The summed E-state index contributed by atoms with van der Waals surface area (Å²) in [5.74, 6) is -0.414. The highest BCUT2D eigenvalue weighted by molar-refractivity contribution is 5.95. The summed E-state index contributed by atoms with van der Waals surface area (Å²) >= 11 is 0. The van der Waals surface area contributed by atoms with Gasteiger partial charge >= 0.3 is 0 Å². The Morgan fingerprint density at radius 2 is 2.50 bits per heavy atom. The number of hydrogen-bond donors (Lipinski definition) is 1. The number of nitrogens with one attached hydrogen (secondary N) is 1. The van der Waals surface area contributed by atoms with Crippen molar-refractivity contribution in [1.29, 1.82) is 5.26 Å². The Morgan fingerprint density at radius 1 is 1.83 bits per heavy atom. The summed E-state index contributed by atoms with van der Waals surface area (Å²) in [5.41, 5.74) is 1.05. The average Bonchev–Trinajstić information content (AvgIpc) is 2.30. The molecule has 5 nitrogen and oxygen atoms in total. The number of carbonyl (C=O) groups excluding carboxylic acids is 1. The Labute approximate surface area is 69.6 Å². The van der Waals surface area contributed by atoms with Gasteiger partial charge in [0.2, 0.25) is 0 Å². The van der Waals surface area contributed by atoms with Crippen LogP contribution in [0.5, 0.6) is 0 Å². The van der Waals surface area contributed by atoms with Crippen LogP contribution in [-0.2, 0) is 7.05 Å². The van der Waals surface area contributed by atoms with Crippen LogP contribution < -0.4 is 5.32 Å². The summed E-state index contributed by atoms with van der Waals surface area (Å²) in [5, 5.41) is 14.2. The Bertz CT molecular complexity index is 347. The number of amides is 1. The second kappa shape index (κ2) is 3.05. The molecule has 0 saturated heterocycles. The number of hydrogen-bond acceptors (Lipinski definition) is 3. The molecule has 1 aromatic heterocycles. The maximum absolute atomic E-state index is 11.1. The topological polar surface area (TPSA) is 70.7 Å². The zero-order chi connectivity index (χ0) is 9.14. The van der Waals surface area contributed by atoms with E-state index in [0.29, 0.717) is 11.3 Å². The lowest BCUT2D eigenvalue weighted by molar-refractivity contribution is 0.0972. The minimum atomic E-state index is -0.414. The van der Waals surface area contributed by atoms with Gasteiger partial charge in [0.15, 0.2) is 6.19 Å². The average molecular weight is 164 g/mol. The number of nitrogens with zero attached hydrogens (tertiary/aromatic N) is 3. The first kappa shape index (κ1) is 8.27. The first-order chi connectivity index (χ1) is 5.65. The van der Waals surface area contributed by atoms with Crippen LogP contribution in [0.25, 0.3) is 0 Å². The first-order valence-electron chi connectivity index (χ1n) is 3.35. The Kier molecular flexibility index (Phi) is 2.10. The molecule has 0 radical (unpaired) electrons. The molecular formula is C7H8N4O. The van der Waals surface area contributed by atoms with Gasteiger partial charge in [0.05, 0.1) is 11.3 Å². The highest BCUT2D eigenvalue weighted by Crippen LogP contribution is 2.03. The minimum absolute atomic E-state index is 0.414. The van der Waals surface area contributed by atoms with E-state index in [1.165, 1.54) is 4.68 Å². The van der Waals surface area contributed by atoms with E-state index >= 15 is 0 Å². The molecule has 5 heteroatoms. The third kappa shape index (κ3) is 1.42. The predicted octanol–water partition coefficient (Wildman–Crippen LogP) is -0.0606. The van der Waals surface area contributed by atoms with E-state index in [-0.39, 0.29) is 0 Å². The van der Waals surface area contributed by atoms with Gasteiger partial charge in [-0.1, -0.05) is 0 Å². The second-order valence-electron chi connectivity index (χ2n) is 2.37. The molecule has 0 spiro atoms. The molecule has 0 aliphatic heterocycles. The molecule has 1 N–H and O–H groups in total. The first-order valence-corrected chi connectivity index (χ1v) is 3.35. The fourth-order valence-electron chi connectivity index (χ4n) is 0.941. The molecule has 12 heavy (non-hydrogen) atoms. The molecule has 0 saturated carbocycles. The predicted molar refractivity (Wildman–Crippen MR) is 41.0 cm³/mol. The SMILES string of the molecule is Cc1nn(C)cc1C(=O)NC#N. The van der Waals surface area contributed by atoms with E-state index in [9.17, 15) is 4.79 Å². The van der Waals surface area contributed by atoms with E-state index in [2.05, 4.69) is 5.10 Å². The van der Waals surface area contributed by atoms with Crippen LogP contribution in [0, 0.1) is 18.4 Å². The van der Waals surface area contributed by atoms with Crippen molar-refractivity contribution in [3.63, 3.8) is 0 Å². The third-order valence-corrected chi connectivity index (χ3v) is 1.43. The molecular weight excluding hydrogens is 156 g/mol. The number of rotatable bonds is 1. The van der Waals surface area contributed by atoms with Crippen molar-refractivity contribution in [1.82, 2.24) is 15.1 Å². The van der Waals surface area contributed by atoms with E-state index in [0.717, 1.165) is 0 Å². The van der Waals surface area contributed by atoms with Crippen LogP contribution in [0.2, 0.25) is 0 Å². The van der Waals surface area contributed by atoms with Gasteiger partial charge in [-0.3, -0.25) is 14.8 Å². The molecule has 0 aromatic carbocycles. The molecule has 0 aliphatic rings. The number of aryl methyl sites for hydroxylation is 2. The van der Waals surface area contributed by atoms with Gasteiger partial charge in [0.25, 0.3) is 5.91 Å². The molecule has 0 bridgehead atoms. The van der Waals surface area contributed by atoms with E-state index in [1.807, 2.05) is 5.32 Å². The van der Waals surface area contributed by atoms with Crippen LogP contribution in [0.1, 0.15) is 16.1 Å². The van der Waals surface area contributed by atoms with Gasteiger partial charge in [0.1, 0.15) is 0 Å². The number of nitriles is 1. The van der Waals surface area contributed by atoms with Crippen molar-refractivity contribution in [3.05, 3.63) is 17.5 Å². The van der Waals surface area contributed by atoms with Gasteiger partial charge in [-0.05, 0) is 6.92 Å². The normalized spacial score (nSPS) is 9.08. The Balaban J connectivity index is 2.96. The standard InChI is InChI=1S/C7H8N4O/c1-5-6(3-11(2)10-5)7(12)9-4-8/h3H,1-2H3,(H,9,12). The van der Waals surface area contributed by atoms with Crippen molar-refractivity contribution in [2.45, 2.75) is 6.92 Å². The molecule has 1 amide bonds. The van der Waals surface area contributed by atoms with Crippen LogP contribution >= 0.6 is 0 Å². The van der Waals surface area contributed by atoms with E-state index < -0.39 is 5.91 Å². The van der Waals surface area contributed by atoms with Gasteiger partial charge in [-0.25, -0.2) is 0 Å². The molecule has 0 unspecified atom stereocenters. The lowest BCUT2D eigenvalue weighted by atomic mass is 10.2. The van der Waals surface area contributed by atoms with Crippen molar-refractivity contribution in [2.75, 3.05) is 0 Å². The quantitative estimate of drug-likeness (QED) is 0.467. The summed E-state index contributed by atoms with van der Waals surface area (Å²) in [6.45, 7) is 1.71. The summed E-state index contributed by atoms with van der Waals surface area (Å²) in [6, 6.07) is 0. The smallest absolute Gasteiger partial charge is 0.267 e. The minimum Gasteiger partial charge on any atom is -0.275 e.